The number of nitrogen functional groups attached to an aromatic ring is 2. The number of aromatic nitrogens is 4. The van der Waals surface area contributed by atoms with Crippen LogP contribution in [0.25, 0.3) is 0 Å². The Labute approximate surface area is 137 Å². The van der Waals surface area contributed by atoms with Gasteiger partial charge in [-0.2, -0.15) is 15.0 Å². The second-order valence-electron chi connectivity index (χ2n) is 5.14. The standard InChI is InChI=1S/C14H18N6O2S/c1-5-9(7(3)21)6(2)17-10(5)11(22)8(4)23-14-19-12(15)18-13(16)20-14/h8,17H,1-4H3,(H4,15,16,18,19,20)/t8-/m0/s1. The van der Waals surface area contributed by atoms with Crippen molar-refractivity contribution in [2.24, 2.45) is 0 Å². The summed E-state index contributed by atoms with van der Waals surface area (Å²) in [6, 6.07) is 0. The van der Waals surface area contributed by atoms with Gasteiger partial charge in [-0.15, -0.1) is 0 Å². The maximum Gasteiger partial charge on any atom is 0.225 e. The summed E-state index contributed by atoms with van der Waals surface area (Å²) in [6.07, 6.45) is 0. The lowest BCUT2D eigenvalue weighted by Crippen LogP contribution is -2.16. The van der Waals surface area contributed by atoms with Crippen molar-refractivity contribution in [1.29, 1.82) is 0 Å². The molecule has 1 atom stereocenters. The van der Waals surface area contributed by atoms with Crippen LogP contribution in [0, 0.1) is 13.8 Å². The van der Waals surface area contributed by atoms with E-state index in [-0.39, 0.29) is 28.6 Å². The van der Waals surface area contributed by atoms with Gasteiger partial charge < -0.3 is 16.5 Å². The SMILES string of the molecule is CC(=O)c1c(C)[nH]c(C(=O)[C@H](C)Sc2nc(N)nc(N)n2)c1C. The Morgan fingerprint density at radius 1 is 1.13 bits per heavy atom. The highest BCUT2D eigenvalue weighted by atomic mass is 32.2. The summed E-state index contributed by atoms with van der Waals surface area (Å²) in [6.45, 7) is 6.73. The second kappa shape index (κ2) is 6.37. The molecule has 2 heterocycles. The van der Waals surface area contributed by atoms with Gasteiger partial charge in [0.15, 0.2) is 16.7 Å². The normalized spacial score (nSPS) is 12.2. The summed E-state index contributed by atoms with van der Waals surface area (Å²) < 4.78 is 0. The monoisotopic (exact) mass is 334 g/mol. The molecular weight excluding hydrogens is 316 g/mol. The van der Waals surface area contributed by atoms with Gasteiger partial charge in [-0.3, -0.25) is 9.59 Å². The zero-order valence-electron chi connectivity index (χ0n) is 13.3. The van der Waals surface area contributed by atoms with Crippen LogP contribution < -0.4 is 11.5 Å². The van der Waals surface area contributed by atoms with Crippen LogP contribution in [0.4, 0.5) is 11.9 Å². The van der Waals surface area contributed by atoms with Gasteiger partial charge in [-0.25, -0.2) is 0 Å². The Bertz CT molecular complexity index is 766. The van der Waals surface area contributed by atoms with Crippen molar-refractivity contribution >= 4 is 35.2 Å². The second-order valence-corrected chi connectivity index (χ2v) is 6.45. The van der Waals surface area contributed by atoms with Crippen molar-refractivity contribution in [3.8, 4) is 0 Å². The minimum Gasteiger partial charge on any atom is -0.368 e. The van der Waals surface area contributed by atoms with Crippen molar-refractivity contribution in [2.75, 3.05) is 11.5 Å². The third kappa shape index (κ3) is 3.50. The number of hydrogen-bond donors (Lipinski definition) is 3. The molecule has 2 aromatic rings. The Kier molecular flexibility index (Phi) is 4.69. The fraction of sp³-hybridized carbons (Fsp3) is 0.357. The third-order valence-corrected chi connectivity index (χ3v) is 4.30. The van der Waals surface area contributed by atoms with Crippen LogP contribution in [0.1, 0.15) is 46.0 Å². The van der Waals surface area contributed by atoms with Crippen LogP contribution in [0.2, 0.25) is 0 Å². The molecule has 0 amide bonds. The van der Waals surface area contributed by atoms with Crippen LogP contribution in [-0.2, 0) is 0 Å². The largest absolute Gasteiger partial charge is 0.368 e. The van der Waals surface area contributed by atoms with Gasteiger partial charge in [-0.05, 0) is 33.3 Å². The van der Waals surface area contributed by atoms with E-state index >= 15 is 0 Å². The van der Waals surface area contributed by atoms with Gasteiger partial charge in [0.25, 0.3) is 0 Å². The highest BCUT2D eigenvalue weighted by Gasteiger charge is 2.25. The van der Waals surface area contributed by atoms with Gasteiger partial charge in [-0.1, -0.05) is 11.8 Å². The molecule has 0 spiro atoms. The van der Waals surface area contributed by atoms with Crippen molar-refractivity contribution < 1.29 is 9.59 Å². The summed E-state index contributed by atoms with van der Waals surface area (Å²) in [4.78, 5) is 38.9. The van der Waals surface area contributed by atoms with E-state index in [1.165, 1.54) is 6.92 Å². The lowest BCUT2D eigenvalue weighted by Gasteiger charge is -2.09. The molecule has 23 heavy (non-hydrogen) atoms. The average molecular weight is 334 g/mol. The molecule has 0 aliphatic carbocycles. The number of hydrogen-bond acceptors (Lipinski definition) is 8. The van der Waals surface area contributed by atoms with E-state index in [1.54, 1.807) is 20.8 Å². The first-order chi connectivity index (χ1) is 10.7. The van der Waals surface area contributed by atoms with Crippen molar-refractivity contribution in [3.05, 3.63) is 22.5 Å². The molecule has 0 aliphatic rings. The maximum atomic E-state index is 12.6. The molecule has 8 nitrogen and oxygen atoms in total. The Morgan fingerprint density at radius 3 is 2.17 bits per heavy atom. The van der Waals surface area contributed by atoms with Gasteiger partial charge >= 0.3 is 0 Å². The van der Waals surface area contributed by atoms with Gasteiger partial charge in [0, 0.05) is 11.3 Å². The molecule has 0 saturated carbocycles. The number of nitrogens with two attached hydrogens (primary N) is 2. The fourth-order valence-corrected chi connectivity index (χ4v) is 3.21. The number of nitrogens with zero attached hydrogens (tertiary/aromatic N) is 3. The molecule has 2 rings (SSSR count). The van der Waals surface area contributed by atoms with Crippen molar-refractivity contribution in [2.45, 2.75) is 38.1 Å². The lowest BCUT2D eigenvalue weighted by atomic mass is 10.0. The van der Waals surface area contributed by atoms with E-state index in [9.17, 15) is 9.59 Å². The first kappa shape index (κ1) is 16.9. The van der Waals surface area contributed by atoms with Gasteiger partial charge in [0.2, 0.25) is 11.9 Å². The van der Waals surface area contributed by atoms with Crippen LogP contribution >= 0.6 is 11.8 Å². The quantitative estimate of drug-likeness (QED) is 0.552. The van der Waals surface area contributed by atoms with E-state index in [4.69, 9.17) is 11.5 Å². The van der Waals surface area contributed by atoms with E-state index in [0.29, 0.717) is 22.5 Å². The summed E-state index contributed by atoms with van der Waals surface area (Å²) in [5.41, 5.74) is 13.4. The number of aromatic amines is 1. The van der Waals surface area contributed by atoms with E-state index < -0.39 is 5.25 Å². The number of carbonyl (C=O) groups is 2. The molecule has 5 N–H and O–H groups in total. The van der Waals surface area contributed by atoms with E-state index in [2.05, 4.69) is 19.9 Å². The molecule has 0 fully saturated rings. The third-order valence-electron chi connectivity index (χ3n) is 3.34. The van der Waals surface area contributed by atoms with Crippen molar-refractivity contribution in [1.82, 2.24) is 19.9 Å². The van der Waals surface area contributed by atoms with Crippen LogP contribution in [0.3, 0.4) is 0 Å². The summed E-state index contributed by atoms with van der Waals surface area (Å²) in [5, 5.41) is -0.198. The molecule has 0 saturated heterocycles. The number of aryl methyl sites for hydroxylation is 1. The highest BCUT2D eigenvalue weighted by molar-refractivity contribution is 8.00. The predicted octanol–water partition coefficient (Wildman–Crippen LogP) is 1.55. The summed E-state index contributed by atoms with van der Waals surface area (Å²) in [7, 11) is 0. The highest BCUT2D eigenvalue weighted by Crippen LogP contribution is 2.26. The van der Waals surface area contributed by atoms with E-state index in [0.717, 1.165) is 11.8 Å². The summed E-state index contributed by atoms with van der Waals surface area (Å²) in [5.74, 6) is -0.217. The number of H-pyrrole nitrogens is 1. The molecule has 122 valence electrons. The average Bonchev–Trinajstić information content (AvgIpc) is 2.71. The first-order valence-corrected chi connectivity index (χ1v) is 7.76. The molecule has 0 aliphatic heterocycles. The zero-order chi connectivity index (χ0) is 17.3. The first-order valence-electron chi connectivity index (χ1n) is 6.88. The Balaban J connectivity index is 2.26. The number of anilines is 2. The number of carbonyl (C=O) groups excluding carboxylic acids is 2. The van der Waals surface area contributed by atoms with Crippen LogP contribution in [0.5, 0.6) is 0 Å². The predicted molar refractivity (Wildman–Crippen MR) is 88.6 cm³/mol. The molecule has 0 unspecified atom stereocenters. The summed E-state index contributed by atoms with van der Waals surface area (Å²) >= 11 is 1.13. The molecule has 0 radical (unpaired) electrons. The van der Waals surface area contributed by atoms with Crippen LogP contribution in [0.15, 0.2) is 5.16 Å². The number of thioether (sulfide) groups is 1. The van der Waals surface area contributed by atoms with Crippen molar-refractivity contribution in [3.63, 3.8) is 0 Å². The Morgan fingerprint density at radius 2 is 1.70 bits per heavy atom. The number of Topliss-reactive ketones (excluding diaryl/α,β-unsaturated/α-hetero) is 2. The molecule has 0 aromatic carbocycles. The van der Waals surface area contributed by atoms with Gasteiger partial charge in [0.1, 0.15) is 0 Å². The minimum atomic E-state index is -0.479. The lowest BCUT2D eigenvalue weighted by molar-refractivity contribution is 0.0988. The Hall–Kier alpha value is -2.42. The number of rotatable bonds is 5. The number of ketones is 2. The minimum absolute atomic E-state index is 0.00501. The molecular formula is C14H18N6O2S. The number of nitrogens with one attached hydrogen (secondary N) is 1. The van der Waals surface area contributed by atoms with E-state index in [1.807, 2.05) is 0 Å². The topological polar surface area (TPSA) is 141 Å². The zero-order valence-corrected chi connectivity index (χ0v) is 14.1. The van der Waals surface area contributed by atoms with Gasteiger partial charge in [0.05, 0.1) is 10.9 Å². The van der Waals surface area contributed by atoms with Crippen LogP contribution in [-0.4, -0.2) is 36.8 Å². The molecule has 9 heteroatoms. The maximum absolute atomic E-state index is 12.6. The smallest absolute Gasteiger partial charge is 0.225 e. The molecule has 2 aromatic heterocycles. The fourth-order valence-electron chi connectivity index (χ4n) is 2.38. The molecule has 0 bridgehead atoms.